The minimum absolute atomic E-state index is 0.232. The van der Waals surface area contributed by atoms with Gasteiger partial charge in [-0.05, 0) is 55.0 Å². The van der Waals surface area contributed by atoms with E-state index in [4.69, 9.17) is 14.2 Å². The molecular weight excluding hydrogens is 382 g/mol. The van der Waals surface area contributed by atoms with Crippen molar-refractivity contribution in [2.75, 3.05) is 25.7 Å². The highest BCUT2D eigenvalue weighted by atomic mass is 16.5. The molecule has 0 spiro atoms. The van der Waals surface area contributed by atoms with Crippen LogP contribution in [0.15, 0.2) is 78.0 Å². The fourth-order valence-corrected chi connectivity index (χ4v) is 3.24. The van der Waals surface area contributed by atoms with Crippen LogP contribution in [-0.4, -0.2) is 32.7 Å². The van der Waals surface area contributed by atoms with Crippen molar-refractivity contribution in [2.24, 2.45) is 0 Å². The summed E-state index contributed by atoms with van der Waals surface area (Å²) in [5.41, 5.74) is 2.35. The van der Waals surface area contributed by atoms with Gasteiger partial charge in [0.2, 0.25) is 0 Å². The first-order chi connectivity index (χ1) is 14.5. The fourth-order valence-electron chi connectivity index (χ4n) is 3.24. The minimum Gasteiger partial charge on any atom is -0.497 e. The molecule has 0 saturated carbocycles. The Labute approximate surface area is 175 Å². The van der Waals surface area contributed by atoms with E-state index in [1.807, 2.05) is 18.2 Å². The predicted octanol–water partition coefficient (Wildman–Crippen LogP) is 4.14. The molecule has 0 aliphatic carbocycles. The molecule has 0 bridgehead atoms. The quantitative estimate of drug-likeness (QED) is 0.394. The summed E-state index contributed by atoms with van der Waals surface area (Å²) in [6.07, 6.45) is 3.32. The third-order valence-corrected chi connectivity index (χ3v) is 4.66. The Morgan fingerprint density at radius 3 is 2.47 bits per heavy atom. The van der Waals surface area contributed by atoms with Crippen molar-refractivity contribution in [2.45, 2.75) is 6.92 Å². The van der Waals surface area contributed by atoms with E-state index in [1.54, 1.807) is 56.5 Å². The Kier molecular flexibility index (Phi) is 6.37. The van der Waals surface area contributed by atoms with Crippen molar-refractivity contribution >= 4 is 23.6 Å². The fraction of sp³-hybridized carbons (Fsp3) is 0.167. The number of amides is 1. The number of hydrogen-bond acceptors (Lipinski definition) is 5. The van der Waals surface area contributed by atoms with Gasteiger partial charge in [0.05, 0.1) is 25.4 Å². The highest BCUT2D eigenvalue weighted by molar-refractivity contribution is 6.23. The van der Waals surface area contributed by atoms with Crippen LogP contribution in [-0.2, 0) is 14.3 Å². The molecule has 2 aromatic rings. The lowest BCUT2D eigenvalue weighted by Crippen LogP contribution is -2.24. The second-order valence-corrected chi connectivity index (χ2v) is 6.52. The molecule has 3 rings (SSSR count). The molecule has 1 aliphatic heterocycles. The highest BCUT2D eigenvalue weighted by Gasteiger charge is 2.37. The van der Waals surface area contributed by atoms with Crippen molar-refractivity contribution in [3.8, 4) is 11.5 Å². The number of anilines is 1. The molecule has 1 aliphatic rings. The molecule has 1 heterocycles. The first kappa shape index (κ1) is 20.9. The molecule has 6 nitrogen and oxygen atoms in total. The van der Waals surface area contributed by atoms with Gasteiger partial charge >= 0.3 is 5.97 Å². The lowest BCUT2D eigenvalue weighted by molar-refractivity contribution is -0.136. The van der Waals surface area contributed by atoms with E-state index in [-0.39, 0.29) is 17.1 Å². The van der Waals surface area contributed by atoms with E-state index < -0.39 is 5.97 Å². The van der Waals surface area contributed by atoms with Gasteiger partial charge < -0.3 is 14.2 Å². The SMILES string of the molecule is C=CCOc1cccc(/C=C2\C(=O)N(c3ccc(OC)cc3)C(C)=C2C(=O)OC)c1. The zero-order valence-corrected chi connectivity index (χ0v) is 17.2. The molecule has 0 N–H and O–H groups in total. The maximum Gasteiger partial charge on any atom is 0.340 e. The van der Waals surface area contributed by atoms with Gasteiger partial charge in [0.1, 0.15) is 18.1 Å². The third kappa shape index (κ3) is 4.12. The van der Waals surface area contributed by atoms with Crippen LogP contribution in [0.3, 0.4) is 0 Å². The van der Waals surface area contributed by atoms with Gasteiger partial charge in [0.25, 0.3) is 5.91 Å². The summed E-state index contributed by atoms with van der Waals surface area (Å²) in [7, 11) is 2.87. The number of methoxy groups -OCH3 is 2. The summed E-state index contributed by atoms with van der Waals surface area (Å²) >= 11 is 0. The molecule has 0 unspecified atom stereocenters. The van der Waals surface area contributed by atoms with E-state index in [2.05, 4.69) is 6.58 Å². The van der Waals surface area contributed by atoms with Crippen molar-refractivity contribution in [3.05, 3.63) is 83.6 Å². The zero-order chi connectivity index (χ0) is 21.7. The van der Waals surface area contributed by atoms with Crippen LogP contribution in [0.2, 0.25) is 0 Å². The zero-order valence-electron chi connectivity index (χ0n) is 17.2. The van der Waals surface area contributed by atoms with Crippen LogP contribution in [0.1, 0.15) is 12.5 Å². The number of carbonyl (C=O) groups excluding carboxylic acids is 2. The third-order valence-electron chi connectivity index (χ3n) is 4.66. The number of allylic oxidation sites excluding steroid dienone is 1. The van der Waals surface area contributed by atoms with Gasteiger partial charge in [-0.3, -0.25) is 9.69 Å². The van der Waals surface area contributed by atoms with Gasteiger partial charge in [-0.2, -0.15) is 0 Å². The summed E-state index contributed by atoms with van der Waals surface area (Å²) in [4.78, 5) is 27.3. The van der Waals surface area contributed by atoms with E-state index in [0.29, 0.717) is 29.5 Å². The predicted molar refractivity (Wildman–Crippen MR) is 115 cm³/mol. The molecule has 0 aromatic heterocycles. The van der Waals surface area contributed by atoms with Crippen LogP contribution >= 0.6 is 0 Å². The Hall–Kier alpha value is -3.80. The number of nitrogens with zero attached hydrogens (tertiary/aromatic N) is 1. The average molecular weight is 405 g/mol. The van der Waals surface area contributed by atoms with E-state index >= 15 is 0 Å². The molecular formula is C24H23NO5. The second-order valence-electron chi connectivity index (χ2n) is 6.52. The molecule has 6 heteroatoms. The Bertz CT molecular complexity index is 1030. The highest BCUT2D eigenvalue weighted by Crippen LogP contribution is 2.36. The van der Waals surface area contributed by atoms with Gasteiger partial charge in [0, 0.05) is 11.4 Å². The topological polar surface area (TPSA) is 65.1 Å². The number of hydrogen-bond donors (Lipinski definition) is 0. The summed E-state index contributed by atoms with van der Waals surface area (Å²) < 4.78 is 15.7. The molecule has 154 valence electrons. The standard InChI is InChI=1S/C24H23NO5/c1-5-13-30-20-8-6-7-17(14-20)15-21-22(24(27)29-4)16(2)25(23(21)26)18-9-11-19(28-3)12-10-18/h5-12,14-15H,1,13H2,2-4H3/b21-15-. The first-order valence-electron chi connectivity index (χ1n) is 9.33. The van der Waals surface area contributed by atoms with Crippen molar-refractivity contribution in [1.29, 1.82) is 0 Å². The van der Waals surface area contributed by atoms with Crippen LogP contribution in [0.25, 0.3) is 6.08 Å². The largest absolute Gasteiger partial charge is 0.497 e. The Balaban J connectivity index is 2.05. The van der Waals surface area contributed by atoms with Crippen LogP contribution in [0, 0.1) is 0 Å². The normalized spacial score (nSPS) is 14.8. The van der Waals surface area contributed by atoms with Crippen molar-refractivity contribution in [3.63, 3.8) is 0 Å². The van der Waals surface area contributed by atoms with E-state index in [1.165, 1.54) is 12.0 Å². The maximum absolute atomic E-state index is 13.3. The van der Waals surface area contributed by atoms with Crippen molar-refractivity contribution in [1.82, 2.24) is 0 Å². The summed E-state index contributed by atoms with van der Waals surface area (Å²) in [5, 5.41) is 0. The lowest BCUT2D eigenvalue weighted by atomic mass is 10.0. The summed E-state index contributed by atoms with van der Waals surface area (Å²) in [5.74, 6) is 0.437. The first-order valence-corrected chi connectivity index (χ1v) is 9.33. The van der Waals surface area contributed by atoms with E-state index in [9.17, 15) is 9.59 Å². The number of benzene rings is 2. The molecule has 2 aromatic carbocycles. The molecule has 30 heavy (non-hydrogen) atoms. The summed E-state index contributed by atoms with van der Waals surface area (Å²) in [6, 6.07) is 14.3. The van der Waals surface area contributed by atoms with Gasteiger partial charge in [-0.1, -0.05) is 24.8 Å². The smallest absolute Gasteiger partial charge is 0.340 e. The summed E-state index contributed by atoms with van der Waals surface area (Å²) in [6.45, 7) is 5.73. The molecule has 0 radical (unpaired) electrons. The van der Waals surface area contributed by atoms with Gasteiger partial charge in [-0.25, -0.2) is 4.79 Å². The van der Waals surface area contributed by atoms with Gasteiger partial charge in [-0.15, -0.1) is 0 Å². The number of ether oxygens (including phenoxy) is 3. The lowest BCUT2D eigenvalue weighted by Gasteiger charge is -2.18. The maximum atomic E-state index is 13.3. The number of rotatable bonds is 7. The number of carbonyl (C=O) groups is 2. The average Bonchev–Trinajstić information content (AvgIpc) is 3.01. The molecule has 0 atom stereocenters. The minimum atomic E-state index is -0.567. The Morgan fingerprint density at radius 1 is 1.10 bits per heavy atom. The molecule has 1 amide bonds. The van der Waals surface area contributed by atoms with Crippen LogP contribution < -0.4 is 14.4 Å². The van der Waals surface area contributed by atoms with Crippen LogP contribution in [0.4, 0.5) is 5.69 Å². The molecule has 0 saturated heterocycles. The number of esters is 1. The van der Waals surface area contributed by atoms with Crippen molar-refractivity contribution < 1.29 is 23.8 Å². The monoisotopic (exact) mass is 405 g/mol. The van der Waals surface area contributed by atoms with E-state index in [0.717, 1.165) is 5.56 Å². The van der Waals surface area contributed by atoms with Crippen LogP contribution in [0.5, 0.6) is 11.5 Å². The Morgan fingerprint density at radius 2 is 1.83 bits per heavy atom. The second kappa shape index (κ2) is 9.13. The van der Waals surface area contributed by atoms with Gasteiger partial charge in [0.15, 0.2) is 0 Å². The molecule has 0 fully saturated rings.